The number of carbonyl (C=O) groups excluding carboxylic acids is 1. The summed E-state index contributed by atoms with van der Waals surface area (Å²) in [5.74, 6) is -0.441. The van der Waals surface area contributed by atoms with Crippen molar-refractivity contribution in [2.24, 2.45) is 0 Å². The van der Waals surface area contributed by atoms with Crippen molar-refractivity contribution in [3.63, 3.8) is 0 Å². The van der Waals surface area contributed by atoms with E-state index in [2.05, 4.69) is 20.6 Å². The number of nitrogens with zero attached hydrogens (tertiary/aromatic N) is 2. The van der Waals surface area contributed by atoms with Crippen LogP contribution in [0.15, 0.2) is 66.0 Å². The fourth-order valence-electron chi connectivity index (χ4n) is 3.72. The van der Waals surface area contributed by atoms with Gasteiger partial charge in [0.25, 0.3) is 5.91 Å². The molecular formula is C24H26N4O8P2S. The van der Waals surface area contributed by atoms with Gasteiger partial charge >= 0.3 is 15.2 Å². The topological polar surface area (TPSA) is 191 Å². The van der Waals surface area contributed by atoms with Crippen molar-refractivity contribution >= 4 is 54.2 Å². The Balaban J connectivity index is 1.67. The Morgan fingerprint density at radius 3 is 2.28 bits per heavy atom. The molecular weight excluding hydrogens is 566 g/mol. The number of benzene rings is 2. The second-order valence-corrected chi connectivity index (χ2v) is 13.5. The first-order valence-corrected chi connectivity index (χ1v) is 15.8. The minimum absolute atomic E-state index is 0.108. The highest BCUT2D eigenvalue weighted by molar-refractivity contribution is 7.71. The molecule has 0 saturated carbocycles. The van der Waals surface area contributed by atoms with Crippen LogP contribution in [0.5, 0.6) is 0 Å². The maximum absolute atomic E-state index is 13.2. The Labute approximate surface area is 227 Å². The van der Waals surface area contributed by atoms with Crippen LogP contribution in [0, 0.1) is 0 Å². The lowest BCUT2D eigenvalue weighted by molar-refractivity contribution is -0.130. The van der Waals surface area contributed by atoms with Crippen LogP contribution < -0.4 is 10.6 Å². The van der Waals surface area contributed by atoms with Gasteiger partial charge in [0.05, 0.1) is 11.5 Å². The van der Waals surface area contributed by atoms with E-state index in [1.165, 1.54) is 11.3 Å². The summed E-state index contributed by atoms with van der Waals surface area (Å²) in [6.07, 6.45) is -1.07. The maximum atomic E-state index is 13.2. The number of nitrogens with one attached hydrogen (secondary N) is 2. The van der Waals surface area contributed by atoms with E-state index in [4.69, 9.17) is 4.74 Å². The summed E-state index contributed by atoms with van der Waals surface area (Å²) in [7, 11) is -10.5. The number of carbonyl (C=O) groups is 1. The molecule has 39 heavy (non-hydrogen) atoms. The average Bonchev–Trinajstić information content (AvgIpc) is 3.34. The van der Waals surface area contributed by atoms with E-state index in [0.29, 0.717) is 27.0 Å². The van der Waals surface area contributed by atoms with Crippen molar-refractivity contribution in [2.45, 2.75) is 31.6 Å². The molecule has 0 saturated heterocycles. The van der Waals surface area contributed by atoms with E-state index >= 15 is 0 Å². The van der Waals surface area contributed by atoms with Gasteiger partial charge in [-0.3, -0.25) is 13.9 Å². The summed E-state index contributed by atoms with van der Waals surface area (Å²) in [6.45, 7) is 3.66. The Hall–Kier alpha value is -2.99. The lowest BCUT2D eigenvalue weighted by Gasteiger charge is -2.22. The van der Waals surface area contributed by atoms with Gasteiger partial charge in [0.1, 0.15) is 10.6 Å². The Morgan fingerprint density at radius 1 is 0.949 bits per heavy atom. The summed E-state index contributed by atoms with van der Waals surface area (Å²) in [5.41, 5.74) is -0.946. The monoisotopic (exact) mass is 592 g/mol. The largest absolute Gasteiger partial charge is 0.361 e. The van der Waals surface area contributed by atoms with Crippen molar-refractivity contribution in [1.82, 2.24) is 9.97 Å². The smallest absolute Gasteiger partial charge is 0.360 e. The van der Waals surface area contributed by atoms with Crippen LogP contribution >= 0.6 is 26.5 Å². The van der Waals surface area contributed by atoms with Crippen LogP contribution in [0.1, 0.15) is 25.5 Å². The first kappa shape index (κ1) is 29.0. The molecule has 0 unspecified atom stereocenters. The minimum Gasteiger partial charge on any atom is -0.361 e. The third-order valence-electron chi connectivity index (χ3n) is 5.37. The van der Waals surface area contributed by atoms with Gasteiger partial charge in [-0.15, -0.1) is 11.3 Å². The molecule has 0 radical (unpaired) electrons. The molecule has 2 heterocycles. The second-order valence-electron chi connectivity index (χ2n) is 8.78. The fraction of sp³-hybridized carbons (Fsp3) is 0.208. The van der Waals surface area contributed by atoms with E-state index in [0.717, 1.165) is 0 Å². The van der Waals surface area contributed by atoms with E-state index in [1.54, 1.807) is 47.8 Å². The van der Waals surface area contributed by atoms with E-state index in [1.807, 2.05) is 32.0 Å². The van der Waals surface area contributed by atoms with Crippen molar-refractivity contribution in [3.8, 4) is 11.4 Å². The molecule has 2 aromatic carbocycles. The highest BCUT2D eigenvalue weighted by Crippen LogP contribution is 2.59. The van der Waals surface area contributed by atoms with E-state index < -0.39 is 32.7 Å². The predicted octanol–water partition coefficient (Wildman–Crippen LogP) is 4.51. The highest BCUT2D eigenvalue weighted by atomic mass is 32.1. The molecule has 4 aromatic rings. The molecule has 0 spiro atoms. The predicted molar refractivity (Wildman–Crippen MR) is 148 cm³/mol. The molecule has 1 amide bonds. The first-order valence-electron chi connectivity index (χ1n) is 11.6. The average molecular weight is 593 g/mol. The molecule has 6 N–H and O–H groups in total. The summed E-state index contributed by atoms with van der Waals surface area (Å²) in [6, 6.07) is 17.2. The number of rotatable bonds is 10. The molecule has 0 aliphatic carbocycles. The molecule has 0 bridgehead atoms. The van der Waals surface area contributed by atoms with Gasteiger partial charge in [0.15, 0.2) is 11.9 Å². The number of hydrogen-bond donors (Lipinski definition) is 6. The molecule has 2 aromatic heterocycles. The minimum atomic E-state index is -5.27. The third kappa shape index (κ3) is 7.16. The lowest BCUT2D eigenvalue weighted by atomic mass is 10.1. The van der Waals surface area contributed by atoms with Crippen LogP contribution in [0.25, 0.3) is 21.6 Å². The Morgan fingerprint density at radius 2 is 1.64 bits per heavy atom. The summed E-state index contributed by atoms with van der Waals surface area (Å²) in [4.78, 5) is 60.6. The van der Waals surface area contributed by atoms with Crippen LogP contribution in [0.4, 0.5) is 11.5 Å². The van der Waals surface area contributed by atoms with Crippen LogP contribution in [0.2, 0.25) is 0 Å². The Kier molecular flexibility index (Phi) is 8.65. The van der Waals surface area contributed by atoms with Gasteiger partial charge in [-0.2, -0.15) is 0 Å². The van der Waals surface area contributed by atoms with Crippen molar-refractivity contribution in [1.29, 1.82) is 0 Å². The second kappa shape index (κ2) is 11.6. The normalized spacial score (nSPS) is 13.1. The zero-order valence-electron chi connectivity index (χ0n) is 20.7. The third-order valence-corrected chi connectivity index (χ3v) is 9.51. The van der Waals surface area contributed by atoms with Crippen LogP contribution in [-0.4, -0.2) is 47.1 Å². The van der Waals surface area contributed by atoms with Crippen molar-refractivity contribution in [3.05, 3.63) is 71.6 Å². The van der Waals surface area contributed by atoms with Crippen molar-refractivity contribution < 1.29 is 38.2 Å². The van der Waals surface area contributed by atoms with Crippen molar-refractivity contribution in [2.75, 3.05) is 10.6 Å². The summed E-state index contributed by atoms with van der Waals surface area (Å²) >= 11 is 1.21. The van der Waals surface area contributed by atoms with Gasteiger partial charge < -0.3 is 34.9 Å². The first-order chi connectivity index (χ1) is 18.3. The van der Waals surface area contributed by atoms with Crippen LogP contribution in [0.3, 0.4) is 0 Å². The summed E-state index contributed by atoms with van der Waals surface area (Å²) < 4.78 is 29.5. The number of thiophene rings is 1. The number of amides is 1. The number of aromatic nitrogens is 2. The van der Waals surface area contributed by atoms with Gasteiger partial charge in [-0.05, 0) is 43.0 Å². The molecule has 0 aliphatic heterocycles. The molecule has 1 atom stereocenters. The SMILES string of the molecule is CC(C)O[C@H](C(=O)Nc1cccc(-c2nc(NC(P(=O)(O)O)P(=O)(O)O)c3ccsc3n2)c1)c1ccccc1. The number of anilines is 2. The fourth-order valence-corrected chi connectivity index (χ4v) is 6.63. The van der Waals surface area contributed by atoms with E-state index in [-0.39, 0.29) is 17.7 Å². The van der Waals surface area contributed by atoms with Gasteiger partial charge in [0, 0.05) is 11.3 Å². The molecule has 0 fully saturated rings. The van der Waals surface area contributed by atoms with E-state index in [9.17, 15) is 33.5 Å². The molecule has 12 nitrogen and oxygen atoms in total. The zero-order chi connectivity index (χ0) is 28.4. The molecule has 4 rings (SSSR count). The zero-order valence-corrected chi connectivity index (χ0v) is 23.3. The molecule has 15 heteroatoms. The van der Waals surface area contributed by atoms with Gasteiger partial charge in [0.2, 0.25) is 5.52 Å². The summed E-state index contributed by atoms with van der Waals surface area (Å²) in [5, 5.41) is 7.07. The van der Waals surface area contributed by atoms with Gasteiger partial charge in [-0.25, -0.2) is 9.97 Å². The lowest BCUT2D eigenvalue weighted by Crippen LogP contribution is -2.25. The standard InChI is InChI=1S/C24H26N4O8P2S/c1-14(2)36-19(15-7-4-3-5-8-15)22(29)25-17-10-6-9-16(13-17)20-26-21(18-11-12-39-23(18)27-20)28-24(37(30,31)32)38(33,34)35/h3-14,19,24H,1-2H3,(H,25,29)(H,26,27,28)(H2,30,31,32)(H2,33,34,35)/t19-/m0/s1. The maximum Gasteiger partial charge on any atom is 0.360 e. The van der Waals surface area contributed by atoms with Gasteiger partial charge in [-0.1, -0.05) is 42.5 Å². The number of fused-ring (bicyclic) bond motifs is 1. The van der Waals surface area contributed by atoms with Crippen LogP contribution in [-0.2, 0) is 18.7 Å². The number of ether oxygens (including phenoxy) is 1. The number of hydrogen-bond acceptors (Lipinski definition) is 8. The molecule has 0 aliphatic rings. The molecule has 206 valence electrons. The quantitative estimate of drug-likeness (QED) is 0.142. The highest BCUT2D eigenvalue weighted by Gasteiger charge is 2.44. The Bertz CT molecular complexity index is 1550.